The van der Waals surface area contributed by atoms with Crippen molar-refractivity contribution in [3.05, 3.63) is 63.9 Å². The van der Waals surface area contributed by atoms with Gasteiger partial charge in [-0.15, -0.1) is 0 Å². The van der Waals surface area contributed by atoms with Gasteiger partial charge in [-0.3, -0.25) is 4.79 Å². The molecule has 0 unspecified atom stereocenters. The molecule has 0 atom stereocenters. The van der Waals surface area contributed by atoms with Crippen LogP contribution >= 0.6 is 15.9 Å². The van der Waals surface area contributed by atoms with Gasteiger partial charge in [0.05, 0.1) is 10.0 Å². The number of halogens is 4. The summed E-state index contributed by atoms with van der Waals surface area (Å²) in [7, 11) is 0. The molecular weight excluding hydrogens is 349 g/mol. The van der Waals surface area contributed by atoms with Gasteiger partial charge in [-0.2, -0.15) is 8.78 Å². The van der Waals surface area contributed by atoms with Crippen molar-refractivity contribution in [2.24, 2.45) is 0 Å². The van der Waals surface area contributed by atoms with Crippen LogP contribution < -0.4 is 4.74 Å². The summed E-state index contributed by atoms with van der Waals surface area (Å²) in [5.74, 6) is -0.990. The number of alkyl halides is 2. The number of carbonyl (C=O) groups excluding carboxylic acids is 1. The van der Waals surface area contributed by atoms with Gasteiger partial charge in [0.25, 0.3) is 0 Å². The zero-order chi connectivity index (χ0) is 15.4. The molecule has 0 heterocycles. The fourth-order valence-corrected chi connectivity index (χ4v) is 2.25. The van der Waals surface area contributed by atoms with E-state index < -0.39 is 12.4 Å². The molecule has 21 heavy (non-hydrogen) atoms. The van der Waals surface area contributed by atoms with E-state index in [2.05, 4.69) is 20.7 Å². The highest BCUT2D eigenvalue weighted by Crippen LogP contribution is 2.23. The summed E-state index contributed by atoms with van der Waals surface area (Å²) in [6, 6.07) is 9.96. The molecule has 0 radical (unpaired) electrons. The van der Waals surface area contributed by atoms with Gasteiger partial charge >= 0.3 is 6.61 Å². The first-order valence-corrected chi connectivity index (χ1v) is 6.77. The Hall–Kier alpha value is -1.82. The van der Waals surface area contributed by atoms with Crippen molar-refractivity contribution in [1.29, 1.82) is 0 Å². The number of para-hydroxylation sites is 1. The maximum atomic E-state index is 13.1. The smallest absolute Gasteiger partial charge is 0.387 e. The monoisotopic (exact) mass is 358 g/mol. The molecule has 110 valence electrons. The molecule has 2 nitrogen and oxygen atoms in total. The molecule has 0 saturated heterocycles. The van der Waals surface area contributed by atoms with Crippen LogP contribution in [0.5, 0.6) is 5.75 Å². The maximum Gasteiger partial charge on any atom is 0.387 e. The van der Waals surface area contributed by atoms with Crippen LogP contribution in [0.4, 0.5) is 13.2 Å². The lowest BCUT2D eigenvalue weighted by molar-refractivity contribution is -0.0501. The Labute approximate surface area is 127 Å². The number of Topliss-reactive ketones (excluding diaryl/α,β-unsaturated/α-hetero) is 1. The van der Waals surface area contributed by atoms with Crippen LogP contribution in [0.25, 0.3) is 0 Å². The van der Waals surface area contributed by atoms with E-state index in [1.165, 1.54) is 36.4 Å². The van der Waals surface area contributed by atoms with E-state index in [1.807, 2.05) is 0 Å². The topological polar surface area (TPSA) is 26.3 Å². The summed E-state index contributed by atoms with van der Waals surface area (Å²) in [5.41, 5.74) is 0.637. The van der Waals surface area contributed by atoms with Gasteiger partial charge < -0.3 is 4.74 Å². The van der Waals surface area contributed by atoms with E-state index in [9.17, 15) is 18.0 Å². The van der Waals surface area contributed by atoms with Crippen molar-refractivity contribution < 1.29 is 22.7 Å². The first-order valence-electron chi connectivity index (χ1n) is 5.98. The van der Waals surface area contributed by atoms with Gasteiger partial charge in [0.2, 0.25) is 0 Å². The number of carbonyl (C=O) groups is 1. The largest absolute Gasteiger partial charge is 0.434 e. The van der Waals surface area contributed by atoms with Gasteiger partial charge in [-0.05, 0) is 45.8 Å². The molecule has 2 aromatic rings. The Kier molecular flexibility index (Phi) is 5.01. The normalized spacial score (nSPS) is 10.7. The van der Waals surface area contributed by atoms with Crippen molar-refractivity contribution in [2.75, 3.05) is 0 Å². The summed E-state index contributed by atoms with van der Waals surface area (Å²) in [4.78, 5) is 12.2. The van der Waals surface area contributed by atoms with Crippen molar-refractivity contribution in [3.8, 4) is 5.75 Å². The highest BCUT2D eigenvalue weighted by atomic mass is 79.9. The molecule has 2 aromatic carbocycles. The average molecular weight is 359 g/mol. The average Bonchev–Trinajstić information content (AvgIpc) is 2.43. The van der Waals surface area contributed by atoms with E-state index in [4.69, 9.17) is 0 Å². The lowest BCUT2D eigenvalue weighted by atomic mass is 10.0. The summed E-state index contributed by atoms with van der Waals surface area (Å²) in [6.07, 6.45) is -0.0392. The highest BCUT2D eigenvalue weighted by molar-refractivity contribution is 9.10. The van der Waals surface area contributed by atoms with Crippen molar-refractivity contribution in [2.45, 2.75) is 13.0 Å². The minimum absolute atomic E-state index is 0.0392. The molecule has 0 N–H and O–H groups in total. The van der Waals surface area contributed by atoms with Crippen LogP contribution in [0.15, 0.2) is 46.9 Å². The van der Waals surface area contributed by atoms with Gasteiger partial charge in [-0.1, -0.05) is 18.2 Å². The molecule has 0 aliphatic heterocycles. The summed E-state index contributed by atoms with van der Waals surface area (Å²) >= 11 is 3.03. The van der Waals surface area contributed by atoms with E-state index in [0.717, 1.165) is 0 Å². The third-order valence-corrected chi connectivity index (χ3v) is 3.36. The van der Waals surface area contributed by atoms with Crippen molar-refractivity contribution >= 4 is 21.7 Å². The summed E-state index contributed by atoms with van der Waals surface area (Å²) < 4.78 is 42.3. The third-order valence-electron chi connectivity index (χ3n) is 2.75. The quantitative estimate of drug-likeness (QED) is 0.729. The molecule has 0 saturated carbocycles. The minimum atomic E-state index is -3.00. The molecule has 0 aliphatic rings. The fourth-order valence-electron chi connectivity index (χ4n) is 1.83. The fraction of sp³-hybridized carbons (Fsp3) is 0.133. The lowest BCUT2D eigenvalue weighted by Gasteiger charge is -2.10. The van der Waals surface area contributed by atoms with Crippen LogP contribution in [0.2, 0.25) is 0 Å². The first kappa shape index (κ1) is 15.6. The number of benzene rings is 2. The molecule has 6 heteroatoms. The highest BCUT2D eigenvalue weighted by Gasteiger charge is 2.16. The molecular formula is C15H10BrF3O2. The second kappa shape index (κ2) is 6.76. The standard InChI is InChI=1S/C15H10BrF3O2/c16-11-7-9(5-6-12(11)17)8-13(20)10-3-1-2-4-14(10)21-15(18)19/h1-7,15H,8H2. The Morgan fingerprint density at radius 1 is 1.19 bits per heavy atom. The molecule has 0 bridgehead atoms. The Morgan fingerprint density at radius 2 is 1.90 bits per heavy atom. The van der Waals surface area contributed by atoms with Crippen LogP contribution in [-0.4, -0.2) is 12.4 Å². The number of hydrogen-bond donors (Lipinski definition) is 0. The first-order chi connectivity index (χ1) is 9.97. The second-order valence-corrected chi connectivity index (χ2v) is 5.08. The van der Waals surface area contributed by atoms with E-state index in [-0.39, 0.29) is 28.0 Å². The van der Waals surface area contributed by atoms with Gasteiger partial charge in [0.15, 0.2) is 5.78 Å². The molecule has 0 aromatic heterocycles. The Morgan fingerprint density at radius 3 is 2.57 bits per heavy atom. The third kappa shape index (κ3) is 4.07. The molecule has 0 amide bonds. The van der Waals surface area contributed by atoms with Crippen LogP contribution in [-0.2, 0) is 6.42 Å². The second-order valence-electron chi connectivity index (χ2n) is 4.22. The van der Waals surface area contributed by atoms with E-state index >= 15 is 0 Å². The van der Waals surface area contributed by atoms with Gasteiger partial charge in [0, 0.05) is 6.42 Å². The zero-order valence-electron chi connectivity index (χ0n) is 10.7. The van der Waals surface area contributed by atoms with Crippen molar-refractivity contribution in [1.82, 2.24) is 0 Å². The van der Waals surface area contributed by atoms with E-state index in [0.29, 0.717) is 5.56 Å². The minimum Gasteiger partial charge on any atom is -0.434 e. The van der Waals surface area contributed by atoms with Crippen LogP contribution in [0.3, 0.4) is 0 Å². The van der Waals surface area contributed by atoms with Gasteiger partial charge in [-0.25, -0.2) is 4.39 Å². The summed E-state index contributed by atoms with van der Waals surface area (Å²) in [6.45, 7) is -3.00. The van der Waals surface area contributed by atoms with Gasteiger partial charge in [0.1, 0.15) is 11.6 Å². The molecule has 0 fully saturated rings. The summed E-state index contributed by atoms with van der Waals surface area (Å²) in [5, 5.41) is 0. The zero-order valence-corrected chi connectivity index (χ0v) is 12.2. The number of hydrogen-bond acceptors (Lipinski definition) is 2. The molecule has 0 spiro atoms. The lowest BCUT2D eigenvalue weighted by Crippen LogP contribution is -2.09. The SMILES string of the molecule is O=C(Cc1ccc(F)c(Br)c1)c1ccccc1OC(F)F. The predicted molar refractivity (Wildman–Crippen MR) is 75.2 cm³/mol. The number of rotatable bonds is 5. The van der Waals surface area contributed by atoms with E-state index in [1.54, 1.807) is 6.07 Å². The Balaban J connectivity index is 2.22. The van der Waals surface area contributed by atoms with Crippen molar-refractivity contribution in [3.63, 3.8) is 0 Å². The molecule has 2 rings (SSSR count). The number of ether oxygens (including phenoxy) is 1. The maximum absolute atomic E-state index is 13.1. The predicted octanol–water partition coefficient (Wildman–Crippen LogP) is 4.62. The van der Waals surface area contributed by atoms with Crippen LogP contribution in [0, 0.1) is 5.82 Å². The molecule has 0 aliphatic carbocycles. The Bertz CT molecular complexity index is 659. The number of ketones is 1. The van der Waals surface area contributed by atoms with Crippen LogP contribution in [0.1, 0.15) is 15.9 Å².